The third kappa shape index (κ3) is 3.77. The van der Waals surface area contributed by atoms with Gasteiger partial charge in [0.15, 0.2) is 0 Å². The second-order valence-corrected chi connectivity index (χ2v) is 69.8. The summed E-state index contributed by atoms with van der Waals surface area (Å²) in [5.41, 5.74) is 13.7. The van der Waals surface area contributed by atoms with Gasteiger partial charge in [0.1, 0.15) is 0 Å². The molecule has 0 fully saturated rings. The summed E-state index contributed by atoms with van der Waals surface area (Å²) < 4.78 is 15.5. The van der Waals surface area contributed by atoms with Crippen LogP contribution in [0.5, 0.6) is 0 Å². The van der Waals surface area contributed by atoms with Crippen molar-refractivity contribution in [2.75, 3.05) is 0 Å². The van der Waals surface area contributed by atoms with Crippen molar-refractivity contribution in [3.05, 3.63) is 130 Å². The SMILES string of the molecule is [CH2]=[Hf]([CH3])([CH3])([CH3])([CH2]CC)([CH]1C=Cc2c(-c3ccccc3C)cccc21)[CH]1C=Cc2c(-c3ccccc3C)cccc21. The molecule has 1 heteroatoms. The number of fused-ring (bicyclic) bond motifs is 2. The Morgan fingerprint density at radius 1 is 0.575 bits per heavy atom. The number of hydrogen-bond acceptors (Lipinski definition) is 0. The molecule has 0 saturated heterocycles. The van der Waals surface area contributed by atoms with Crippen LogP contribution in [-0.4, -0.2) is 4.26 Å². The zero-order valence-corrected chi connectivity index (χ0v) is 28.8. The van der Waals surface area contributed by atoms with Gasteiger partial charge >= 0.3 is 237 Å². The van der Waals surface area contributed by atoms with Crippen LogP contribution < -0.4 is 0 Å². The van der Waals surface area contributed by atoms with Crippen molar-refractivity contribution in [2.45, 2.75) is 52.8 Å². The number of rotatable bonds is 6. The van der Waals surface area contributed by atoms with Gasteiger partial charge in [0.25, 0.3) is 0 Å². The van der Waals surface area contributed by atoms with Gasteiger partial charge in [-0.1, -0.05) is 0 Å². The van der Waals surface area contributed by atoms with E-state index in [1.165, 1.54) is 55.6 Å². The van der Waals surface area contributed by atoms with E-state index < -0.39 is 15.1 Å². The first-order chi connectivity index (χ1) is 18.8. The summed E-state index contributed by atoms with van der Waals surface area (Å²) in [6.07, 6.45) is 11.1. The van der Waals surface area contributed by atoms with Crippen molar-refractivity contribution < 1.29 is 15.1 Å². The topological polar surface area (TPSA) is 0 Å². The molecule has 0 saturated carbocycles. The Hall–Kier alpha value is -2.90. The van der Waals surface area contributed by atoms with Crippen molar-refractivity contribution in [3.8, 4) is 22.3 Å². The van der Waals surface area contributed by atoms with Gasteiger partial charge in [-0.05, 0) is 0 Å². The van der Waals surface area contributed by atoms with Crippen molar-refractivity contribution in [3.63, 3.8) is 0 Å². The van der Waals surface area contributed by atoms with E-state index >= 15 is 0 Å². The van der Waals surface area contributed by atoms with Crippen molar-refractivity contribution >= 4 is 16.4 Å². The predicted molar refractivity (Wildman–Crippen MR) is 177 cm³/mol. The fourth-order valence-electron chi connectivity index (χ4n) is 9.13. The summed E-state index contributed by atoms with van der Waals surface area (Å²) in [6.45, 7) is 6.81. The van der Waals surface area contributed by atoms with Gasteiger partial charge in [-0.3, -0.25) is 0 Å². The summed E-state index contributed by atoms with van der Waals surface area (Å²) in [7, 11) is 0. The van der Waals surface area contributed by atoms with Crippen molar-refractivity contribution in [1.82, 2.24) is 0 Å². The molecule has 0 aromatic heterocycles. The molecule has 0 spiro atoms. The van der Waals surface area contributed by atoms with Crippen LogP contribution in [0.3, 0.4) is 0 Å². The Labute approximate surface area is 235 Å². The zero-order valence-electron chi connectivity index (χ0n) is 25.2. The maximum absolute atomic E-state index is 5.65. The van der Waals surface area contributed by atoms with E-state index in [0.29, 0.717) is 7.35 Å². The minimum atomic E-state index is -5.12. The zero-order chi connectivity index (χ0) is 28.4. The molecule has 2 unspecified atom stereocenters. The summed E-state index contributed by atoms with van der Waals surface area (Å²) in [5.74, 6) is 0. The third-order valence-corrected chi connectivity index (χ3v) is 47.8. The van der Waals surface area contributed by atoms with E-state index in [1.807, 2.05) is 0 Å². The Kier molecular flexibility index (Phi) is 5.52. The number of allylic oxidation sites excluding steroid dienone is 2. The van der Waals surface area contributed by atoms with Crippen molar-refractivity contribution in [1.29, 1.82) is 0 Å². The molecule has 0 aliphatic heterocycles. The van der Waals surface area contributed by atoms with Gasteiger partial charge in [0.2, 0.25) is 0 Å². The quantitative estimate of drug-likeness (QED) is 0.177. The molecule has 2 atom stereocenters. The van der Waals surface area contributed by atoms with E-state index in [2.05, 4.69) is 144 Å². The fraction of sp³-hybridized carbons (Fsp3) is 0.256. The first-order valence-electron chi connectivity index (χ1n) is 15.1. The predicted octanol–water partition coefficient (Wildman–Crippen LogP) is 11.6. The second-order valence-electron chi connectivity index (χ2n) is 16.3. The molecule has 40 heavy (non-hydrogen) atoms. The molecule has 0 bridgehead atoms. The number of aryl methyl sites for hydroxylation is 2. The van der Waals surface area contributed by atoms with E-state index in [9.17, 15) is 0 Å². The standard InChI is InChI=1S/2C16H13.C3H7.3CH3.CH2.Hf/c2*1-12-6-2-3-9-14(12)16-11-5-8-13-7-4-10-15(13)16;1-3-2;;;;;/h2*2-11H,1H3;1,3H2,2H3;3*1H3;1H2;. The summed E-state index contributed by atoms with van der Waals surface area (Å²) in [5, 5.41) is 0. The maximum atomic E-state index is 5.65. The van der Waals surface area contributed by atoms with Crippen LogP contribution in [0.4, 0.5) is 0 Å². The van der Waals surface area contributed by atoms with Crippen LogP contribution in [0.1, 0.15) is 54.1 Å². The Morgan fingerprint density at radius 2 is 0.975 bits per heavy atom. The second kappa shape index (κ2) is 8.10. The molecule has 0 radical (unpaired) electrons. The van der Waals surface area contributed by atoms with Gasteiger partial charge in [-0.25, -0.2) is 0 Å². The van der Waals surface area contributed by atoms with Gasteiger partial charge in [0.05, 0.1) is 0 Å². The van der Waals surface area contributed by atoms with Crippen LogP contribution in [-0.2, 0) is 15.1 Å². The summed E-state index contributed by atoms with van der Waals surface area (Å²) in [6, 6.07) is 31.6. The van der Waals surface area contributed by atoms with Crippen molar-refractivity contribution in [2.24, 2.45) is 0 Å². The van der Waals surface area contributed by atoms with Gasteiger partial charge in [-0.15, -0.1) is 0 Å². The van der Waals surface area contributed by atoms with E-state index in [-0.39, 0.29) is 0 Å². The number of hydrogen-bond donors (Lipinski definition) is 0. The molecule has 0 heterocycles. The van der Waals surface area contributed by atoms with Gasteiger partial charge < -0.3 is 0 Å². The molecule has 2 aliphatic carbocycles. The normalized spacial score (nSPS) is 20.3. The average molecular weight is 691 g/mol. The third-order valence-electron chi connectivity index (χ3n) is 11.3. The van der Waals surface area contributed by atoms with Crippen LogP contribution in [0, 0.1) is 13.8 Å². The molecule has 4 aromatic rings. The fourth-order valence-corrected chi connectivity index (χ4v) is 42.0. The van der Waals surface area contributed by atoms with Crippen LogP contribution >= 0.6 is 0 Å². The molecular weight excluding hydrogens is 647 g/mol. The van der Waals surface area contributed by atoms with Crippen LogP contribution in [0.2, 0.25) is 18.2 Å². The summed E-state index contributed by atoms with van der Waals surface area (Å²) >= 11 is -5.12. The number of benzene rings is 4. The molecule has 0 nitrogen and oxygen atoms in total. The van der Waals surface area contributed by atoms with E-state index in [1.54, 1.807) is 0 Å². The Morgan fingerprint density at radius 3 is 1.38 bits per heavy atom. The molecule has 2 aliphatic rings. The Balaban J connectivity index is 1.59. The molecule has 0 amide bonds. The van der Waals surface area contributed by atoms with Gasteiger partial charge in [0, 0.05) is 0 Å². The summed E-state index contributed by atoms with van der Waals surface area (Å²) in [4.78, 5) is 0. The average Bonchev–Trinajstić information content (AvgIpc) is 3.56. The van der Waals surface area contributed by atoms with Crippen LogP contribution in [0.15, 0.2) is 97.1 Å². The van der Waals surface area contributed by atoms with E-state index in [0.717, 1.165) is 10.6 Å². The molecular formula is C39H44Hf. The van der Waals surface area contributed by atoms with Gasteiger partial charge in [-0.2, -0.15) is 0 Å². The van der Waals surface area contributed by atoms with E-state index in [4.69, 9.17) is 4.26 Å². The Bertz CT molecular complexity index is 1750. The first-order valence-corrected chi connectivity index (χ1v) is 35.1. The monoisotopic (exact) mass is 692 g/mol. The molecule has 0 N–H and O–H groups in total. The molecule has 204 valence electrons. The van der Waals surface area contributed by atoms with Crippen LogP contribution in [0.25, 0.3) is 34.4 Å². The molecule has 6 rings (SSSR count). The first kappa shape index (κ1) is 27.3. The minimum absolute atomic E-state index is 0.311. The molecule has 4 aromatic carbocycles.